The fourth-order valence-electron chi connectivity index (χ4n) is 2.58. The van der Waals surface area contributed by atoms with Crippen LogP contribution in [0.1, 0.15) is 29.5 Å². The van der Waals surface area contributed by atoms with Gasteiger partial charge in [0.25, 0.3) is 0 Å². The molecule has 0 aliphatic rings. The fraction of sp³-hybridized carbons (Fsp3) is 0.375. The number of aromatic nitrogens is 3. The van der Waals surface area contributed by atoms with Crippen molar-refractivity contribution < 1.29 is 0 Å². The molecule has 1 N–H and O–H groups in total. The Morgan fingerprint density at radius 3 is 2.81 bits per heavy atom. The molecule has 2 aromatic heterocycles. The minimum Gasteiger partial charge on any atom is -0.330 e. The molecule has 0 fully saturated rings. The first-order valence-electron chi connectivity index (χ1n) is 7.21. The van der Waals surface area contributed by atoms with Crippen LogP contribution in [0.5, 0.6) is 0 Å². The van der Waals surface area contributed by atoms with Gasteiger partial charge in [-0.3, -0.25) is 0 Å². The Kier molecular flexibility index (Phi) is 4.03. The number of nitrogens with one attached hydrogen (secondary N) is 1. The van der Waals surface area contributed by atoms with Gasteiger partial charge >= 0.3 is 0 Å². The van der Waals surface area contributed by atoms with Crippen LogP contribution in [-0.4, -0.2) is 21.1 Å². The van der Waals surface area contributed by atoms with Crippen LogP contribution in [0.4, 0.5) is 0 Å². The van der Waals surface area contributed by atoms with E-state index in [0.717, 1.165) is 29.3 Å². The maximum absolute atomic E-state index is 4.73. The molecule has 5 heteroatoms. The Labute approximate surface area is 128 Å². The lowest BCUT2D eigenvalue weighted by Gasteiger charge is -2.13. The van der Waals surface area contributed by atoms with Gasteiger partial charge in [-0.05, 0) is 26.0 Å². The van der Waals surface area contributed by atoms with E-state index in [1.807, 2.05) is 13.0 Å². The lowest BCUT2D eigenvalue weighted by molar-refractivity contribution is 0.534. The van der Waals surface area contributed by atoms with Crippen LogP contribution in [0.3, 0.4) is 0 Å². The number of para-hydroxylation sites is 2. The first-order chi connectivity index (χ1) is 10.1. The SMILES string of the molecule is Cc1nc(CCN[C@@H](C)c2nc3ccccc3n2C)cs1. The number of nitrogens with zero attached hydrogens (tertiary/aromatic N) is 3. The van der Waals surface area contributed by atoms with Gasteiger partial charge in [0, 0.05) is 25.4 Å². The first-order valence-corrected chi connectivity index (χ1v) is 8.09. The van der Waals surface area contributed by atoms with E-state index in [1.165, 1.54) is 11.2 Å². The van der Waals surface area contributed by atoms with Gasteiger partial charge in [-0.2, -0.15) is 0 Å². The van der Waals surface area contributed by atoms with Crippen LogP contribution in [0.15, 0.2) is 29.6 Å². The van der Waals surface area contributed by atoms with E-state index >= 15 is 0 Å². The molecule has 0 aliphatic carbocycles. The molecule has 0 saturated heterocycles. The van der Waals surface area contributed by atoms with Gasteiger partial charge in [-0.1, -0.05) is 12.1 Å². The molecular weight excluding hydrogens is 280 g/mol. The summed E-state index contributed by atoms with van der Waals surface area (Å²) in [4.78, 5) is 9.22. The second-order valence-corrected chi connectivity index (χ2v) is 6.36. The number of hydrogen-bond acceptors (Lipinski definition) is 4. The summed E-state index contributed by atoms with van der Waals surface area (Å²) in [5.74, 6) is 1.07. The minimum absolute atomic E-state index is 0.224. The van der Waals surface area contributed by atoms with Crippen molar-refractivity contribution in [3.63, 3.8) is 0 Å². The van der Waals surface area contributed by atoms with E-state index in [0.29, 0.717) is 0 Å². The smallest absolute Gasteiger partial charge is 0.126 e. The van der Waals surface area contributed by atoms with Crippen LogP contribution in [0, 0.1) is 6.92 Å². The Hall–Kier alpha value is -1.72. The third kappa shape index (κ3) is 2.99. The van der Waals surface area contributed by atoms with Gasteiger partial charge in [0.1, 0.15) is 5.82 Å². The van der Waals surface area contributed by atoms with Crippen LogP contribution in [-0.2, 0) is 13.5 Å². The normalized spacial score (nSPS) is 12.9. The van der Waals surface area contributed by atoms with E-state index in [1.54, 1.807) is 11.3 Å². The topological polar surface area (TPSA) is 42.7 Å². The molecule has 0 spiro atoms. The molecule has 3 rings (SSSR count). The van der Waals surface area contributed by atoms with Crippen LogP contribution in [0.25, 0.3) is 11.0 Å². The Balaban J connectivity index is 1.66. The van der Waals surface area contributed by atoms with Gasteiger partial charge in [0.2, 0.25) is 0 Å². The van der Waals surface area contributed by atoms with E-state index in [-0.39, 0.29) is 6.04 Å². The molecule has 4 nitrogen and oxygen atoms in total. The molecule has 1 aromatic carbocycles. The molecule has 2 heterocycles. The van der Waals surface area contributed by atoms with Crippen molar-refractivity contribution in [2.75, 3.05) is 6.54 Å². The number of hydrogen-bond donors (Lipinski definition) is 1. The van der Waals surface area contributed by atoms with Crippen LogP contribution >= 0.6 is 11.3 Å². The largest absolute Gasteiger partial charge is 0.330 e. The zero-order valence-corrected chi connectivity index (χ0v) is 13.4. The number of rotatable bonds is 5. The summed E-state index contributed by atoms with van der Waals surface area (Å²) in [5, 5.41) is 6.81. The monoisotopic (exact) mass is 300 g/mol. The summed E-state index contributed by atoms with van der Waals surface area (Å²) in [6, 6.07) is 8.47. The molecular formula is C16H20N4S. The van der Waals surface area contributed by atoms with E-state index in [9.17, 15) is 0 Å². The van der Waals surface area contributed by atoms with Crippen molar-refractivity contribution in [3.8, 4) is 0 Å². The second-order valence-electron chi connectivity index (χ2n) is 5.30. The predicted molar refractivity (Wildman–Crippen MR) is 87.7 cm³/mol. The fourth-order valence-corrected chi connectivity index (χ4v) is 3.23. The lowest BCUT2D eigenvalue weighted by atomic mass is 10.2. The van der Waals surface area contributed by atoms with E-state index in [4.69, 9.17) is 4.98 Å². The van der Waals surface area contributed by atoms with Gasteiger partial charge in [-0.15, -0.1) is 11.3 Å². The van der Waals surface area contributed by atoms with Crippen molar-refractivity contribution >= 4 is 22.4 Å². The standard InChI is InChI=1S/C16H20N4S/c1-11(17-9-8-13-10-21-12(2)18-13)16-19-14-6-4-5-7-15(14)20(16)3/h4-7,10-11,17H,8-9H2,1-3H3/t11-/m0/s1. The molecule has 0 amide bonds. The molecule has 21 heavy (non-hydrogen) atoms. The third-order valence-electron chi connectivity index (χ3n) is 3.71. The molecule has 110 valence electrons. The van der Waals surface area contributed by atoms with Crippen molar-refractivity contribution in [2.24, 2.45) is 7.05 Å². The Morgan fingerprint density at radius 1 is 1.29 bits per heavy atom. The molecule has 0 radical (unpaired) electrons. The number of thiazole rings is 1. The van der Waals surface area contributed by atoms with Crippen LogP contribution < -0.4 is 5.32 Å². The highest BCUT2D eigenvalue weighted by Crippen LogP contribution is 2.19. The summed E-state index contributed by atoms with van der Waals surface area (Å²) in [6.07, 6.45) is 0.957. The number of fused-ring (bicyclic) bond motifs is 1. The first kappa shape index (κ1) is 14.2. The van der Waals surface area contributed by atoms with E-state index in [2.05, 4.69) is 52.4 Å². The summed E-state index contributed by atoms with van der Waals surface area (Å²) < 4.78 is 2.17. The molecule has 0 unspecified atom stereocenters. The average Bonchev–Trinajstić information content (AvgIpc) is 3.03. The summed E-state index contributed by atoms with van der Waals surface area (Å²) >= 11 is 1.71. The van der Waals surface area contributed by atoms with Crippen molar-refractivity contribution in [1.82, 2.24) is 19.9 Å². The van der Waals surface area contributed by atoms with Crippen molar-refractivity contribution in [1.29, 1.82) is 0 Å². The number of aryl methyl sites for hydroxylation is 2. The van der Waals surface area contributed by atoms with Crippen LogP contribution in [0.2, 0.25) is 0 Å². The highest BCUT2D eigenvalue weighted by atomic mass is 32.1. The maximum atomic E-state index is 4.73. The summed E-state index contributed by atoms with van der Waals surface area (Å²) in [5.41, 5.74) is 3.40. The minimum atomic E-state index is 0.224. The summed E-state index contributed by atoms with van der Waals surface area (Å²) in [7, 11) is 2.08. The Morgan fingerprint density at radius 2 is 2.10 bits per heavy atom. The van der Waals surface area contributed by atoms with Crippen molar-refractivity contribution in [2.45, 2.75) is 26.3 Å². The zero-order chi connectivity index (χ0) is 14.8. The molecule has 0 bridgehead atoms. The number of benzene rings is 1. The van der Waals surface area contributed by atoms with Crippen molar-refractivity contribution in [3.05, 3.63) is 46.2 Å². The predicted octanol–water partition coefficient (Wildman–Crippen LogP) is 3.23. The molecule has 0 saturated carbocycles. The highest BCUT2D eigenvalue weighted by molar-refractivity contribution is 7.09. The van der Waals surface area contributed by atoms with Gasteiger partial charge in [0.15, 0.2) is 0 Å². The number of imidazole rings is 1. The summed E-state index contributed by atoms with van der Waals surface area (Å²) in [6.45, 7) is 5.12. The van der Waals surface area contributed by atoms with Gasteiger partial charge in [0.05, 0.1) is 27.8 Å². The molecule has 3 aromatic rings. The lowest BCUT2D eigenvalue weighted by Crippen LogP contribution is -2.23. The Bertz CT molecular complexity index is 744. The zero-order valence-electron chi connectivity index (χ0n) is 12.6. The molecule has 1 atom stereocenters. The average molecular weight is 300 g/mol. The quantitative estimate of drug-likeness (QED) is 0.786. The third-order valence-corrected chi connectivity index (χ3v) is 4.53. The van der Waals surface area contributed by atoms with Gasteiger partial charge in [-0.25, -0.2) is 9.97 Å². The molecule has 0 aliphatic heterocycles. The maximum Gasteiger partial charge on any atom is 0.126 e. The van der Waals surface area contributed by atoms with Gasteiger partial charge < -0.3 is 9.88 Å². The highest BCUT2D eigenvalue weighted by Gasteiger charge is 2.13. The van der Waals surface area contributed by atoms with E-state index < -0.39 is 0 Å². The second kappa shape index (κ2) is 5.95.